The molecule has 0 fully saturated rings. The molecule has 0 atom stereocenters. The van der Waals surface area contributed by atoms with Gasteiger partial charge in [0.05, 0.1) is 4.92 Å². The topological polar surface area (TPSA) is 85.9 Å². The van der Waals surface area contributed by atoms with Crippen molar-refractivity contribution in [1.29, 1.82) is 0 Å². The van der Waals surface area contributed by atoms with Crippen molar-refractivity contribution in [1.82, 2.24) is 20.1 Å². The molecule has 2 rings (SSSR count). The van der Waals surface area contributed by atoms with Crippen LogP contribution in [0.3, 0.4) is 0 Å². The molecule has 0 aliphatic rings. The maximum Gasteiger partial charge on any atom is 0.269 e. The molecule has 0 unspecified atom stereocenters. The molecule has 7 heteroatoms. The van der Waals surface area contributed by atoms with Gasteiger partial charge in [-0.1, -0.05) is 12.1 Å². The highest BCUT2D eigenvalue weighted by molar-refractivity contribution is 5.32. The molecule has 0 aliphatic heterocycles. The fourth-order valence-corrected chi connectivity index (χ4v) is 1.70. The van der Waals surface area contributed by atoms with Gasteiger partial charge in [-0.2, -0.15) is 0 Å². The summed E-state index contributed by atoms with van der Waals surface area (Å²) >= 11 is 0. The van der Waals surface area contributed by atoms with Crippen molar-refractivity contribution in [3.05, 3.63) is 52.1 Å². The lowest BCUT2D eigenvalue weighted by Crippen LogP contribution is -2.18. The number of nitro benzene ring substituents is 1. The van der Waals surface area contributed by atoms with Gasteiger partial charge < -0.3 is 9.88 Å². The van der Waals surface area contributed by atoms with Gasteiger partial charge in [0.25, 0.3) is 5.69 Å². The Hall–Kier alpha value is -2.28. The largest absolute Gasteiger partial charge is 0.321 e. The van der Waals surface area contributed by atoms with Gasteiger partial charge in [-0.3, -0.25) is 10.1 Å². The van der Waals surface area contributed by atoms with Crippen LogP contribution in [0, 0.1) is 10.1 Å². The van der Waals surface area contributed by atoms with Crippen LogP contribution in [0.1, 0.15) is 11.4 Å². The van der Waals surface area contributed by atoms with Crippen LogP contribution in [-0.2, 0) is 20.0 Å². The minimum absolute atomic E-state index is 0.114. The van der Waals surface area contributed by atoms with Crippen LogP contribution < -0.4 is 5.32 Å². The lowest BCUT2D eigenvalue weighted by atomic mass is 10.2. The number of aromatic nitrogens is 3. The molecule has 1 N–H and O–H groups in total. The van der Waals surface area contributed by atoms with Crippen LogP contribution in [0.15, 0.2) is 30.6 Å². The maximum atomic E-state index is 10.5. The number of nitrogens with one attached hydrogen (secondary N) is 1. The van der Waals surface area contributed by atoms with Gasteiger partial charge in [0.1, 0.15) is 12.2 Å². The molecule has 0 bridgehead atoms. The number of nitro groups is 1. The second kappa shape index (κ2) is 6.05. The Bertz CT molecular complexity index is 550. The van der Waals surface area contributed by atoms with E-state index in [0.29, 0.717) is 6.54 Å². The average Bonchev–Trinajstić information content (AvgIpc) is 2.81. The molecule has 1 heterocycles. The first-order valence-corrected chi connectivity index (χ1v) is 5.94. The first kappa shape index (κ1) is 13.2. The quantitative estimate of drug-likeness (QED) is 0.477. The summed E-state index contributed by atoms with van der Waals surface area (Å²) in [6.45, 7) is 1.46. The molecule has 0 aliphatic carbocycles. The van der Waals surface area contributed by atoms with Crippen molar-refractivity contribution in [3.8, 4) is 0 Å². The number of hydrogen-bond donors (Lipinski definition) is 1. The number of non-ortho nitro benzene ring substituents is 1. The van der Waals surface area contributed by atoms with Crippen molar-refractivity contribution in [3.63, 3.8) is 0 Å². The summed E-state index contributed by atoms with van der Waals surface area (Å²) in [5.74, 6) is 0.927. The van der Waals surface area contributed by atoms with E-state index in [1.54, 1.807) is 18.5 Å². The SMILES string of the molecule is Cn1cnnc1CCNCc1ccc([N+](=O)[O-])cc1. The zero-order chi connectivity index (χ0) is 13.7. The first-order valence-electron chi connectivity index (χ1n) is 5.94. The van der Waals surface area contributed by atoms with Crippen molar-refractivity contribution in [2.45, 2.75) is 13.0 Å². The van der Waals surface area contributed by atoms with Crippen LogP contribution >= 0.6 is 0 Å². The van der Waals surface area contributed by atoms with E-state index < -0.39 is 4.92 Å². The summed E-state index contributed by atoms with van der Waals surface area (Å²) in [5.41, 5.74) is 1.13. The second-order valence-electron chi connectivity index (χ2n) is 4.21. The third-order valence-corrected chi connectivity index (χ3v) is 2.81. The molecule has 19 heavy (non-hydrogen) atoms. The maximum absolute atomic E-state index is 10.5. The van der Waals surface area contributed by atoms with Crippen molar-refractivity contribution in [2.75, 3.05) is 6.54 Å². The Labute approximate surface area is 110 Å². The van der Waals surface area contributed by atoms with Gasteiger partial charge in [0.2, 0.25) is 0 Å². The number of nitrogens with zero attached hydrogens (tertiary/aromatic N) is 4. The Morgan fingerprint density at radius 3 is 2.68 bits per heavy atom. The molecule has 1 aromatic heterocycles. The van der Waals surface area contributed by atoms with Crippen LogP contribution in [0.5, 0.6) is 0 Å². The lowest BCUT2D eigenvalue weighted by molar-refractivity contribution is -0.384. The van der Waals surface area contributed by atoms with E-state index in [-0.39, 0.29) is 5.69 Å². The highest BCUT2D eigenvalue weighted by atomic mass is 16.6. The standard InChI is InChI=1S/C12H15N5O2/c1-16-9-14-15-12(16)6-7-13-8-10-2-4-11(5-3-10)17(18)19/h2-5,9,13H,6-8H2,1H3. The highest BCUT2D eigenvalue weighted by Gasteiger charge is 2.04. The van der Waals surface area contributed by atoms with E-state index >= 15 is 0 Å². The van der Waals surface area contributed by atoms with E-state index in [1.807, 2.05) is 11.6 Å². The van der Waals surface area contributed by atoms with Gasteiger partial charge in [0.15, 0.2) is 0 Å². The van der Waals surface area contributed by atoms with Gasteiger partial charge in [0, 0.05) is 38.7 Å². The second-order valence-corrected chi connectivity index (χ2v) is 4.21. The summed E-state index contributed by atoms with van der Waals surface area (Å²) in [7, 11) is 1.91. The zero-order valence-corrected chi connectivity index (χ0v) is 10.6. The summed E-state index contributed by atoms with van der Waals surface area (Å²) in [6.07, 6.45) is 2.47. The van der Waals surface area contributed by atoms with E-state index in [4.69, 9.17) is 0 Å². The molecule has 100 valence electrons. The molecule has 1 aromatic carbocycles. The van der Waals surface area contributed by atoms with Gasteiger partial charge in [-0.25, -0.2) is 0 Å². The molecule has 0 spiro atoms. The predicted molar refractivity (Wildman–Crippen MR) is 69.5 cm³/mol. The normalized spacial score (nSPS) is 10.6. The Balaban J connectivity index is 1.76. The third-order valence-electron chi connectivity index (χ3n) is 2.81. The third kappa shape index (κ3) is 3.59. The Kier molecular flexibility index (Phi) is 4.19. The molecule has 0 amide bonds. The number of benzene rings is 1. The molecule has 0 saturated heterocycles. The highest BCUT2D eigenvalue weighted by Crippen LogP contribution is 2.11. The fraction of sp³-hybridized carbons (Fsp3) is 0.333. The van der Waals surface area contributed by atoms with Crippen LogP contribution in [0.2, 0.25) is 0 Å². The minimum Gasteiger partial charge on any atom is -0.321 e. The van der Waals surface area contributed by atoms with Gasteiger partial charge >= 0.3 is 0 Å². The van der Waals surface area contributed by atoms with Crippen molar-refractivity contribution >= 4 is 5.69 Å². The molecule has 0 radical (unpaired) electrons. The smallest absolute Gasteiger partial charge is 0.269 e. The van der Waals surface area contributed by atoms with E-state index in [2.05, 4.69) is 15.5 Å². The molecule has 0 saturated carbocycles. The lowest BCUT2D eigenvalue weighted by Gasteiger charge is -2.04. The number of hydrogen-bond acceptors (Lipinski definition) is 5. The minimum atomic E-state index is -0.398. The predicted octanol–water partition coefficient (Wildman–Crippen LogP) is 1.06. The summed E-state index contributed by atoms with van der Waals surface area (Å²) in [5, 5.41) is 21.6. The molecule has 7 nitrogen and oxygen atoms in total. The summed E-state index contributed by atoms with van der Waals surface area (Å²) < 4.78 is 1.88. The molecular weight excluding hydrogens is 246 g/mol. The Morgan fingerprint density at radius 2 is 2.11 bits per heavy atom. The van der Waals surface area contributed by atoms with Crippen LogP contribution in [-0.4, -0.2) is 26.2 Å². The van der Waals surface area contributed by atoms with Gasteiger partial charge in [-0.05, 0) is 5.56 Å². The van der Waals surface area contributed by atoms with Crippen molar-refractivity contribution in [2.24, 2.45) is 7.05 Å². The number of rotatable bonds is 6. The van der Waals surface area contributed by atoms with Gasteiger partial charge in [-0.15, -0.1) is 10.2 Å². The fourth-order valence-electron chi connectivity index (χ4n) is 1.70. The van der Waals surface area contributed by atoms with E-state index in [0.717, 1.165) is 24.4 Å². The van der Waals surface area contributed by atoms with Crippen molar-refractivity contribution < 1.29 is 4.92 Å². The zero-order valence-electron chi connectivity index (χ0n) is 10.6. The monoisotopic (exact) mass is 261 g/mol. The Morgan fingerprint density at radius 1 is 1.37 bits per heavy atom. The first-order chi connectivity index (χ1) is 9.16. The summed E-state index contributed by atoms with van der Waals surface area (Å²) in [6, 6.07) is 6.54. The van der Waals surface area contributed by atoms with E-state index in [9.17, 15) is 10.1 Å². The van der Waals surface area contributed by atoms with Crippen LogP contribution in [0.25, 0.3) is 0 Å². The summed E-state index contributed by atoms with van der Waals surface area (Å²) in [4.78, 5) is 10.1. The van der Waals surface area contributed by atoms with Crippen LogP contribution in [0.4, 0.5) is 5.69 Å². The molecular formula is C12H15N5O2. The number of aryl methyl sites for hydroxylation is 1. The average molecular weight is 261 g/mol. The molecule has 2 aromatic rings. The van der Waals surface area contributed by atoms with E-state index in [1.165, 1.54) is 12.1 Å².